The van der Waals surface area contributed by atoms with E-state index < -0.39 is 23.8 Å². The van der Waals surface area contributed by atoms with Crippen LogP contribution in [0.5, 0.6) is 0 Å². The Bertz CT molecular complexity index is 1490. The minimum Gasteiger partial charge on any atom is -0.481 e. The van der Waals surface area contributed by atoms with Gasteiger partial charge in [0.2, 0.25) is 0 Å². The standard InChI is InChI=1S/C37H52N4O4/c1-11-26-18(3)16-38-30(26)13-28-24(9)34(20(5)22(7)36(42)43)32(40-28)15-33-35(21(6)23(8)37(44)45)25(10)29(41-33)14-31-27(12-2)19(4)17-39-31/h13-14,20-23,38-41H,11-12,15-17H2,1-10H3,(H,42,43)(H,44,45)/b30-13-,31-14+/t20-,21-,22-,23-/m0/s1. The van der Waals surface area contributed by atoms with Crippen LogP contribution >= 0.6 is 0 Å². The summed E-state index contributed by atoms with van der Waals surface area (Å²) in [6.45, 7) is 22.0. The fourth-order valence-corrected chi connectivity index (χ4v) is 7.19. The van der Waals surface area contributed by atoms with Gasteiger partial charge in [-0.2, -0.15) is 0 Å². The number of carboxylic acid groups (broad SMARTS) is 2. The van der Waals surface area contributed by atoms with Gasteiger partial charge in [-0.1, -0.05) is 41.5 Å². The molecule has 0 aliphatic carbocycles. The molecule has 2 aromatic rings. The summed E-state index contributed by atoms with van der Waals surface area (Å²) in [5.74, 6) is -3.29. The van der Waals surface area contributed by atoms with Crippen LogP contribution in [0.1, 0.15) is 125 Å². The molecule has 4 heterocycles. The summed E-state index contributed by atoms with van der Waals surface area (Å²) in [5.41, 5.74) is 15.5. The van der Waals surface area contributed by atoms with Gasteiger partial charge in [-0.3, -0.25) is 9.59 Å². The topological polar surface area (TPSA) is 130 Å². The Morgan fingerprint density at radius 1 is 0.689 bits per heavy atom. The lowest BCUT2D eigenvalue weighted by Gasteiger charge is -2.20. The number of aliphatic carboxylic acids is 2. The number of allylic oxidation sites excluding steroid dienone is 2. The average molecular weight is 617 g/mol. The largest absolute Gasteiger partial charge is 0.481 e. The number of aromatic nitrogens is 2. The summed E-state index contributed by atoms with van der Waals surface area (Å²) in [6.07, 6.45) is 6.69. The SMILES string of the molecule is CCC1=C(C)CN/C1=C\c1[nH]c(Cc2[nH]c(/C=C3/NCC(C)=C3CC)c(C)c2[C@@H](C)[C@H](C)C(=O)O)c([C@@H](C)[C@H](C)C(=O)O)c1C. The zero-order valence-electron chi connectivity index (χ0n) is 28.7. The van der Waals surface area contributed by atoms with E-state index in [1.54, 1.807) is 13.8 Å². The van der Waals surface area contributed by atoms with Crippen molar-refractivity contribution in [3.8, 4) is 0 Å². The molecule has 0 saturated carbocycles. The highest BCUT2D eigenvalue weighted by molar-refractivity contribution is 5.73. The van der Waals surface area contributed by atoms with E-state index in [1.165, 1.54) is 22.3 Å². The van der Waals surface area contributed by atoms with E-state index >= 15 is 0 Å². The second kappa shape index (κ2) is 13.6. The minimum absolute atomic E-state index is 0.236. The lowest BCUT2D eigenvalue weighted by Crippen LogP contribution is -2.19. The lowest BCUT2D eigenvalue weighted by molar-refractivity contribution is -0.142. The van der Waals surface area contributed by atoms with Crippen molar-refractivity contribution < 1.29 is 19.8 Å². The van der Waals surface area contributed by atoms with Crippen LogP contribution in [0.2, 0.25) is 0 Å². The first-order chi connectivity index (χ1) is 21.2. The number of aromatic amines is 2. The van der Waals surface area contributed by atoms with Crippen molar-refractivity contribution in [2.75, 3.05) is 13.1 Å². The van der Waals surface area contributed by atoms with Crippen molar-refractivity contribution in [1.82, 2.24) is 20.6 Å². The molecule has 0 spiro atoms. The van der Waals surface area contributed by atoms with E-state index in [0.717, 1.165) is 82.4 Å². The van der Waals surface area contributed by atoms with Crippen molar-refractivity contribution in [2.24, 2.45) is 11.8 Å². The molecule has 6 N–H and O–H groups in total. The highest BCUT2D eigenvalue weighted by Gasteiger charge is 2.31. The predicted octanol–water partition coefficient (Wildman–Crippen LogP) is 7.54. The molecule has 8 heteroatoms. The van der Waals surface area contributed by atoms with Crippen LogP contribution in [0.15, 0.2) is 33.7 Å². The van der Waals surface area contributed by atoms with Gasteiger partial charge in [0.1, 0.15) is 0 Å². The third-order valence-corrected chi connectivity index (χ3v) is 10.4. The molecule has 0 amide bonds. The van der Waals surface area contributed by atoms with E-state index in [-0.39, 0.29) is 11.8 Å². The number of carboxylic acids is 2. The highest BCUT2D eigenvalue weighted by atomic mass is 16.4. The number of nitrogens with one attached hydrogen (secondary N) is 4. The Kier molecular flexibility index (Phi) is 10.3. The van der Waals surface area contributed by atoms with E-state index in [4.69, 9.17) is 0 Å². The van der Waals surface area contributed by atoms with Crippen LogP contribution in [0.4, 0.5) is 0 Å². The number of hydrogen-bond acceptors (Lipinski definition) is 4. The quantitative estimate of drug-likeness (QED) is 0.146. The fourth-order valence-electron chi connectivity index (χ4n) is 7.19. The van der Waals surface area contributed by atoms with Crippen molar-refractivity contribution in [2.45, 2.75) is 100 Å². The molecule has 8 nitrogen and oxygen atoms in total. The number of rotatable bonds is 12. The summed E-state index contributed by atoms with van der Waals surface area (Å²) < 4.78 is 0. The van der Waals surface area contributed by atoms with Crippen molar-refractivity contribution in [1.29, 1.82) is 0 Å². The molecule has 0 bridgehead atoms. The van der Waals surface area contributed by atoms with Gasteiger partial charge in [0.05, 0.1) is 11.8 Å². The van der Waals surface area contributed by atoms with E-state index in [1.807, 2.05) is 13.8 Å². The number of carbonyl (C=O) groups is 2. The second-order valence-corrected chi connectivity index (χ2v) is 13.2. The van der Waals surface area contributed by atoms with Crippen molar-refractivity contribution in [3.05, 3.63) is 78.7 Å². The normalized spacial score (nSPS) is 19.7. The molecule has 2 aliphatic heterocycles. The van der Waals surface area contributed by atoms with Gasteiger partial charge in [0.25, 0.3) is 0 Å². The molecule has 2 aromatic heterocycles. The van der Waals surface area contributed by atoms with Gasteiger partial charge in [0, 0.05) is 53.7 Å². The molecule has 0 unspecified atom stereocenters. The van der Waals surface area contributed by atoms with Gasteiger partial charge in [-0.15, -0.1) is 0 Å². The third-order valence-electron chi connectivity index (χ3n) is 10.4. The lowest BCUT2D eigenvalue weighted by atomic mass is 9.83. The average Bonchev–Trinajstić information content (AvgIpc) is 3.71. The molecule has 0 fully saturated rings. The van der Waals surface area contributed by atoms with E-state index in [9.17, 15) is 19.8 Å². The smallest absolute Gasteiger partial charge is 0.306 e. The molecule has 0 radical (unpaired) electrons. The number of H-pyrrole nitrogens is 2. The maximum absolute atomic E-state index is 12.2. The molecule has 45 heavy (non-hydrogen) atoms. The maximum atomic E-state index is 12.2. The zero-order valence-corrected chi connectivity index (χ0v) is 28.7. The van der Waals surface area contributed by atoms with Gasteiger partial charge >= 0.3 is 11.9 Å². The van der Waals surface area contributed by atoms with E-state index in [2.05, 4.69) is 74.3 Å². The first kappa shape index (κ1) is 33.9. The summed E-state index contributed by atoms with van der Waals surface area (Å²) in [7, 11) is 0. The Labute approximate surface area is 268 Å². The van der Waals surface area contributed by atoms with E-state index in [0.29, 0.717) is 6.42 Å². The van der Waals surface area contributed by atoms with Crippen LogP contribution in [0.25, 0.3) is 12.2 Å². The molecule has 2 aliphatic rings. The zero-order chi connectivity index (χ0) is 33.3. The molecule has 4 atom stereocenters. The monoisotopic (exact) mass is 616 g/mol. The molecule has 4 rings (SSSR count). The van der Waals surface area contributed by atoms with Gasteiger partial charge < -0.3 is 30.8 Å². The molecular weight excluding hydrogens is 564 g/mol. The molecule has 244 valence electrons. The van der Waals surface area contributed by atoms with Crippen LogP contribution in [0, 0.1) is 25.7 Å². The van der Waals surface area contributed by atoms with Crippen LogP contribution in [0.3, 0.4) is 0 Å². The summed E-state index contributed by atoms with van der Waals surface area (Å²) in [6, 6.07) is 0. The summed E-state index contributed by atoms with van der Waals surface area (Å²) in [5, 5.41) is 27.0. The Morgan fingerprint density at radius 2 is 1.04 bits per heavy atom. The van der Waals surface area contributed by atoms with Crippen LogP contribution < -0.4 is 10.6 Å². The van der Waals surface area contributed by atoms with Gasteiger partial charge in [-0.25, -0.2) is 0 Å². The fraction of sp³-hybridized carbons (Fsp3) is 0.514. The third kappa shape index (κ3) is 6.56. The first-order valence-corrected chi connectivity index (χ1v) is 16.4. The van der Waals surface area contributed by atoms with Gasteiger partial charge in [-0.05, 0) is 109 Å². The van der Waals surface area contributed by atoms with Crippen LogP contribution in [-0.4, -0.2) is 45.2 Å². The Morgan fingerprint density at radius 3 is 1.36 bits per heavy atom. The Hall–Kier alpha value is -3.94. The second-order valence-electron chi connectivity index (χ2n) is 13.2. The van der Waals surface area contributed by atoms with Crippen molar-refractivity contribution in [3.63, 3.8) is 0 Å². The van der Waals surface area contributed by atoms with Gasteiger partial charge in [0.15, 0.2) is 0 Å². The first-order valence-electron chi connectivity index (χ1n) is 16.4. The maximum Gasteiger partial charge on any atom is 0.306 e. The minimum atomic E-state index is -0.827. The summed E-state index contributed by atoms with van der Waals surface area (Å²) >= 11 is 0. The van der Waals surface area contributed by atoms with Crippen molar-refractivity contribution >= 4 is 24.1 Å². The molecule has 0 aromatic carbocycles. The van der Waals surface area contributed by atoms with Crippen LogP contribution in [-0.2, 0) is 16.0 Å². The summed E-state index contributed by atoms with van der Waals surface area (Å²) in [4.78, 5) is 31.7. The Balaban J connectivity index is 1.90. The molecule has 0 saturated heterocycles. The molecular formula is C37H52N4O4. The number of hydrogen-bond donors (Lipinski definition) is 6. The predicted molar refractivity (Wildman–Crippen MR) is 182 cm³/mol. The highest BCUT2D eigenvalue weighted by Crippen LogP contribution is 2.39.